The van der Waals surface area contributed by atoms with Gasteiger partial charge in [0.15, 0.2) is 5.78 Å². The number of benzene rings is 1. The van der Waals surface area contributed by atoms with Gasteiger partial charge in [0.25, 0.3) is 0 Å². The molecule has 1 heterocycles. The van der Waals surface area contributed by atoms with Gasteiger partial charge >= 0.3 is 0 Å². The van der Waals surface area contributed by atoms with E-state index in [9.17, 15) is 4.79 Å². The molecular formula is C13H14ClNO. The highest BCUT2D eigenvalue weighted by molar-refractivity contribution is 6.32. The summed E-state index contributed by atoms with van der Waals surface area (Å²) in [7, 11) is 2.03. The fraction of sp³-hybridized carbons (Fsp3) is 0.462. The van der Waals surface area contributed by atoms with Crippen LogP contribution in [0.4, 0.5) is 0 Å². The van der Waals surface area contributed by atoms with Crippen LogP contribution in [0, 0.1) is 0 Å². The Morgan fingerprint density at radius 2 is 2.19 bits per heavy atom. The predicted octanol–water partition coefficient (Wildman–Crippen LogP) is 2.60. The van der Waals surface area contributed by atoms with Crippen LogP contribution in [0.25, 0.3) is 0 Å². The number of hydrogen-bond donors (Lipinski definition) is 0. The van der Waals surface area contributed by atoms with E-state index in [0.717, 1.165) is 18.4 Å². The van der Waals surface area contributed by atoms with Crippen LogP contribution in [-0.4, -0.2) is 23.8 Å². The van der Waals surface area contributed by atoms with Gasteiger partial charge in [-0.25, -0.2) is 0 Å². The van der Waals surface area contributed by atoms with Gasteiger partial charge < -0.3 is 0 Å². The van der Waals surface area contributed by atoms with Crippen LogP contribution in [0.5, 0.6) is 0 Å². The number of likely N-dealkylation sites (N-methyl/N-ethyl adjacent to an activating group) is 1. The average molecular weight is 236 g/mol. The second-order valence-corrected chi connectivity index (χ2v) is 5.10. The van der Waals surface area contributed by atoms with Gasteiger partial charge in [-0.05, 0) is 26.0 Å². The van der Waals surface area contributed by atoms with Gasteiger partial charge in [-0.15, -0.1) is 0 Å². The number of rotatable bonds is 1. The van der Waals surface area contributed by atoms with E-state index in [1.54, 1.807) is 0 Å². The lowest BCUT2D eigenvalue weighted by atomic mass is 9.82. The van der Waals surface area contributed by atoms with Crippen LogP contribution in [0.2, 0.25) is 5.02 Å². The molecule has 2 unspecified atom stereocenters. The van der Waals surface area contributed by atoms with Gasteiger partial charge in [0, 0.05) is 23.0 Å². The zero-order valence-electron chi connectivity index (χ0n) is 9.24. The maximum atomic E-state index is 12.2. The predicted molar refractivity (Wildman–Crippen MR) is 63.5 cm³/mol. The summed E-state index contributed by atoms with van der Waals surface area (Å²) in [5.41, 5.74) is 0.602. The molecule has 2 aliphatic rings. The molecular weight excluding hydrogens is 222 g/mol. The van der Waals surface area contributed by atoms with Crippen molar-refractivity contribution in [2.24, 2.45) is 0 Å². The summed E-state index contributed by atoms with van der Waals surface area (Å²) in [6.07, 6.45) is 2.81. The Balaban J connectivity index is 2.12. The molecule has 3 rings (SSSR count). The van der Waals surface area contributed by atoms with E-state index in [2.05, 4.69) is 4.90 Å². The van der Waals surface area contributed by atoms with Gasteiger partial charge in [-0.2, -0.15) is 0 Å². The van der Waals surface area contributed by atoms with Crippen molar-refractivity contribution in [3.8, 4) is 0 Å². The molecule has 0 radical (unpaired) electrons. The molecule has 0 N–H and O–H groups in total. The van der Waals surface area contributed by atoms with Crippen LogP contribution in [0.3, 0.4) is 0 Å². The summed E-state index contributed by atoms with van der Waals surface area (Å²) in [6.45, 7) is 0. The maximum absolute atomic E-state index is 12.2. The molecule has 1 aliphatic heterocycles. The third kappa shape index (κ3) is 1.09. The van der Waals surface area contributed by atoms with Gasteiger partial charge in [0.1, 0.15) is 5.54 Å². The molecule has 84 valence electrons. The Hall–Kier alpha value is -0.860. The van der Waals surface area contributed by atoms with Crippen molar-refractivity contribution < 1.29 is 4.79 Å². The second-order valence-electron chi connectivity index (χ2n) is 4.69. The van der Waals surface area contributed by atoms with Crippen LogP contribution >= 0.6 is 11.6 Å². The van der Waals surface area contributed by atoms with Crippen molar-refractivity contribution in [1.29, 1.82) is 0 Å². The fourth-order valence-electron chi connectivity index (χ4n) is 3.21. The van der Waals surface area contributed by atoms with Crippen LogP contribution in [0.15, 0.2) is 24.3 Å². The highest BCUT2D eigenvalue weighted by Crippen LogP contribution is 2.56. The first-order valence-corrected chi connectivity index (χ1v) is 6.08. The van der Waals surface area contributed by atoms with E-state index in [0.29, 0.717) is 23.3 Å². The quantitative estimate of drug-likeness (QED) is 0.698. The van der Waals surface area contributed by atoms with E-state index in [-0.39, 0.29) is 0 Å². The van der Waals surface area contributed by atoms with E-state index in [1.165, 1.54) is 0 Å². The average Bonchev–Trinajstić information content (AvgIpc) is 2.88. The minimum atomic E-state index is -0.392. The van der Waals surface area contributed by atoms with E-state index in [4.69, 9.17) is 11.6 Å². The highest BCUT2D eigenvalue weighted by atomic mass is 35.5. The minimum Gasteiger partial charge on any atom is -0.297 e. The SMILES string of the molecule is CN1C2CCCC(=O)[C@@]21c1ccccc1Cl. The number of fused-ring (bicyclic) bond motifs is 1. The first kappa shape index (κ1) is 10.3. The number of carbonyl (C=O) groups is 1. The summed E-state index contributed by atoms with van der Waals surface area (Å²) in [5, 5.41) is 0.715. The summed E-state index contributed by atoms with van der Waals surface area (Å²) < 4.78 is 0. The molecule has 16 heavy (non-hydrogen) atoms. The first-order chi connectivity index (χ1) is 7.69. The lowest BCUT2D eigenvalue weighted by Crippen LogP contribution is -2.30. The molecule has 3 heteroatoms. The molecule has 1 aliphatic carbocycles. The van der Waals surface area contributed by atoms with E-state index < -0.39 is 5.54 Å². The zero-order chi connectivity index (χ0) is 11.3. The molecule has 1 aromatic rings. The Bertz CT molecular complexity index is 459. The number of likely N-dealkylation sites (tertiary alicyclic amines) is 1. The first-order valence-electron chi connectivity index (χ1n) is 5.70. The fourth-order valence-corrected chi connectivity index (χ4v) is 3.49. The van der Waals surface area contributed by atoms with E-state index >= 15 is 0 Å². The molecule has 1 saturated carbocycles. The molecule has 0 amide bonds. The lowest BCUT2D eigenvalue weighted by Gasteiger charge is -2.20. The highest BCUT2D eigenvalue weighted by Gasteiger charge is 2.67. The van der Waals surface area contributed by atoms with E-state index in [1.807, 2.05) is 31.3 Å². The molecule has 2 nitrogen and oxygen atoms in total. The Morgan fingerprint density at radius 1 is 1.44 bits per heavy atom. The number of carbonyl (C=O) groups excluding carboxylic acids is 1. The summed E-state index contributed by atoms with van der Waals surface area (Å²) >= 11 is 6.23. The van der Waals surface area contributed by atoms with Gasteiger partial charge in [-0.1, -0.05) is 29.8 Å². The topological polar surface area (TPSA) is 20.1 Å². The monoisotopic (exact) mass is 235 g/mol. The van der Waals surface area contributed by atoms with Crippen molar-refractivity contribution in [3.63, 3.8) is 0 Å². The number of halogens is 1. The third-order valence-electron chi connectivity index (χ3n) is 4.03. The Labute approximate surface area is 100 Å². The maximum Gasteiger partial charge on any atom is 0.159 e. The molecule has 0 aromatic heterocycles. The standard InChI is InChI=1S/C13H14ClNO/c1-15-11-7-4-8-12(16)13(11,15)9-5-2-3-6-10(9)14/h2-3,5-6,11H,4,7-8H2,1H3/t11?,13-,15?/m1/s1. The molecule has 1 saturated heterocycles. The number of Topliss-reactive ketones (excluding diaryl/α,β-unsaturated/α-hetero) is 1. The normalized spacial score (nSPS) is 37.0. The molecule has 3 atom stereocenters. The zero-order valence-corrected chi connectivity index (χ0v) is 10.00. The third-order valence-corrected chi connectivity index (χ3v) is 4.36. The van der Waals surface area contributed by atoms with Crippen LogP contribution < -0.4 is 0 Å². The summed E-state index contributed by atoms with van der Waals surface area (Å²) in [6, 6.07) is 8.10. The van der Waals surface area contributed by atoms with Gasteiger partial charge in [-0.3, -0.25) is 9.69 Å². The Kier molecular flexibility index (Phi) is 2.13. The van der Waals surface area contributed by atoms with Crippen LogP contribution in [-0.2, 0) is 10.3 Å². The molecule has 0 bridgehead atoms. The van der Waals surface area contributed by atoms with Gasteiger partial charge in [0.05, 0.1) is 0 Å². The number of hydrogen-bond acceptors (Lipinski definition) is 2. The molecule has 2 fully saturated rings. The van der Waals surface area contributed by atoms with Crippen molar-refractivity contribution in [2.45, 2.75) is 30.8 Å². The summed E-state index contributed by atoms with van der Waals surface area (Å²) in [5.74, 6) is 0.333. The Morgan fingerprint density at radius 3 is 2.88 bits per heavy atom. The number of ketones is 1. The molecule has 1 aromatic carbocycles. The largest absolute Gasteiger partial charge is 0.297 e. The molecule has 0 spiro atoms. The smallest absolute Gasteiger partial charge is 0.159 e. The van der Waals surface area contributed by atoms with Crippen molar-refractivity contribution in [1.82, 2.24) is 4.90 Å². The van der Waals surface area contributed by atoms with Crippen molar-refractivity contribution in [3.05, 3.63) is 34.9 Å². The van der Waals surface area contributed by atoms with Crippen LogP contribution in [0.1, 0.15) is 24.8 Å². The van der Waals surface area contributed by atoms with Crippen molar-refractivity contribution >= 4 is 17.4 Å². The lowest BCUT2D eigenvalue weighted by molar-refractivity contribution is -0.123. The summed E-state index contributed by atoms with van der Waals surface area (Å²) in [4.78, 5) is 14.4. The van der Waals surface area contributed by atoms with Gasteiger partial charge in [0.2, 0.25) is 0 Å². The van der Waals surface area contributed by atoms with Crippen molar-refractivity contribution in [2.75, 3.05) is 7.05 Å². The second kappa shape index (κ2) is 3.31. The minimum absolute atomic E-state index is 0.333. The number of nitrogens with zero attached hydrogens (tertiary/aromatic N) is 1.